The van der Waals surface area contributed by atoms with Crippen LogP contribution in [0.15, 0.2) is 60.2 Å². The van der Waals surface area contributed by atoms with Gasteiger partial charge in [-0.3, -0.25) is 9.69 Å². The highest BCUT2D eigenvalue weighted by molar-refractivity contribution is 5.84. The number of aliphatic hydroxyl groups excluding tert-OH is 1. The lowest BCUT2D eigenvalue weighted by molar-refractivity contribution is -0.133. The highest BCUT2D eigenvalue weighted by Gasteiger charge is 2.40. The van der Waals surface area contributed by atoms with Crippen LogP contribution < -0.4 is 0 Å². The van der Waals surface area contributed by atoms with Crippen LogP contribution in [0.5, 0.6) is 0 Å². The predicted molar refractivity (Wildman–Crippen MR) is 114 cm³/mol. The van der Waals surface area contributed by atoms with Crippen molar-refractivity contribution in [1.29, 1.82) is 0 Å². The third kappa shape index (κ3) is 4.98. The van der Waals surface area contributed by atoms with Gasteiger partial charge < -0.3 is 10.0 Å². The van der Waals surface area contributed by atoms with Crippen molar-refractivity contribution in [3.8, 4) is 0 Å². The predicted octanol–water partition coefficient (Wildman–Crippen LogP) is 4.63. The molecule has 0 aromatic heterocycles. The zero-order chi connectivity index (χ0) is 21.8. The molecule has 1 N–H and O–H groups in total. The van der Waals surface area contributed by atoms with Crippen molar-refractivity contribution in [3.63, 3.8) is 0 Å². The van der Waals surface area contributed by atoms with Crippen molar-refractivity contribution in [2.75, 3.05) is 19.6 Å². The van der Waals surface area contributed by atoms with E-state index in [1.54, 1.807) is 0 Å². The summed E-state index contributed by atoms with van der Waals surface area (Å²) >= 11 is 0. The molecule has 1 amide bonds. The van der Waals surface area contributed by atoms with Crippen LogP contribution in [0.4, 0.5) is 8.78 Å². The Labute approximate surface area is 177 Å². The maximum absolute atomic E-state index is 15.0. The first kappa shape index (κ1) is 22.2. The lowest BCUT2D eigenvalue weighted by Gasteiger charge is -2.37. The number of allylic oxidation sites excluding steroid dienone is 5. The lowest BCUT2D eigenvalue weighted by atomic mass is 9.86. The topological polar surface area (TPSA) is 43.8 Å². The Balaban J connectivity index is 1.62. The summed E-state index contributed by atoms with van der Waals surface area (Å²) in [6.07, 6.45) is 2.53. The molecule has 0 saturated carbocycles. The largest absolute Gasteiger partial charge is 0.510 e. The summed E-state index contributed by atoms with van der Waals surface area (Å²) in [4.78, 5) is 16.7. The number of hydrogen-bond donors (Lipinski definition) is 1. The van der Waals surface area contributed by atoms with Crippen molar-refractivity contribution < 1.29 is 18.7 Å². The van der Waals surface area contributed by atoms with Gasteiger partial charge >= 0.3 is 0 Å². The molecule has 2 heterocycles. The molecule has 2 aliphatic heterocycles. The minimum Gasteiger partial charge on any atom is -0.510 e. The fraction of sp³-hybridized carbons (Fsp3) is 0.458. The van der Waals surface area contributed by atoms with Crippen molar-refractivity contribution in [3.05, 3.63) is 71.3 Å². The van der Waals surface area contributed by atoms with E-state index < -0.39 is 23.7 Å². The Kier molecular flexibility index (Phi) is 7.08. The van der Waals surface area contributed by atoms with Crippen LogP contribution in [-0.2, 0) is 11.3 Å². The number of likely N-dealkylation sites (tertiary alicyclic amines) is 2. The van der Waals surface area contributed by atoms with E-state index in [1.807, 2.05) is 41.0 Å². The molecule has 1 aromatic carbocycles. The Morgan fingerprint density at radius 2 is 1.97 bits per heavy atom. The number of hydrogen-bond acceptors (Lipinski definition) is 3. The van der Waals surface area contributed by atoms with Crippen LogP contribution in [0.1, 0.15) is 30.9 Å². The summed E-state index contributed by atoms with van der Waals surface area (Å²) in [5.74, 6) is -1.67. The Morgan fingerprint density at radius 1 is 1.27 bits per heavy atom. The first-order valence-corrected chi connectivity index (χ1v) is 10.4. The molecule has 3 rings (SSSR count). The van der Waals surface area contributed by atoms with E-state index in [0.717, 1.165) is 11.6 Å². The molecular formula is C24H30F2N2O2. The summed E-state index contributed by atoms with van der Waals surface area (Å²) < 4.78 is 28.8. The van der Waals surface area contributed by atoms with E-state index in [4.69, 9.17) is 0 Å². The SMILES string of the molecule is C=C/C(=C\C(F)=C(/C)O)[C@@H]1CCN([C@@H]2CCN(Cc3ccc(C)cc3)C2=O)C[C@H]1F. The molecule has 0 bridgehead atoms. The van der Waals surface area contributed by atoms with E-state index in [-0.39, 0.29) is 18.5 Å². The standard InChI is InChI=1S/C24H30F2N2O2/c1-4-19(13-21(25)17(3)29)20-9-11-27(15-22(20)26)23-10-12-28(24(23)30)14-18-7-5-16(2)6-8-18/h4-8,13,20,22-23,29H,1,9-12,14-15H2,2-3H3/b19-13+,21-17-/t20-,22+,23+/m0/s1. The first-order chi connectivity index (χ1) is 14.3. The summed E-state index contributed by atoms with van der Waals surface area (Å²) in [6.45, 7) is 8.87. The zero-order valence-corrected chi connectivity index (χ0v) is 17.7. The van der Waals surface area contributed by atoms with Gasteiger partial charge in [0.25, 0.3) is 0 Å². The Bertz CT molecular complexity index is 843. The average Bonchev–Trinajstić information content (AvgIpc) is 3.08. The summed E-state index contributed by atoms with van der Waals surface area (Å²) in [7, 11) is 0. The number of benzene rings is 1. The zero-order valence-electron chi connectivity index (χ0n) is 17.7. The van der Waals surface area contributed by atoms with E-state index in [2.05, 4.69) is 6.58 Å². The molecule has 3 atom stereocenters. The highest BCUT2D eigenvalue weighted by atomic mass is 19.1. The van der Waals surface area contributed by atoms with Gasteiger partial charge in [-0.05, 0) is 50.4 Å². The molecule has 30 heavy (non-hydrogen) atoms. The van der Waals surface area contributed by atoms with Gasteiger partial charge in [-0.2, -0.15) is 0 Å². The number of aliphatic hydroxyl groups is 1. The number of rotatable bonds is 6. The number of halogens is 2. The quantitative estimate of drug-likeness (QED) is 0.543. The maximum Gasteiger partial charge on any atom is 0.240 e. The minimum atomic E-state index is -1.23. The van der Waals surface area contributed by atoms with Crippen LogP contribution >= 0.6 is 0 Å². The number of alkyl halides is 1. The average molecular weight is 417 g/mol. The molecule has 2 aliphatic rings. The summed E-state index contributed by atoms with van der Waals surface area (Å²) in [5.41, 5.74) is 2.71. The second kappa shape index (κ2) is 9.56. The van der Waals surface area contributed by atoms with Gasteiger partial charge in [0.1, 0.15) is 11.9 Å². The molecule has 2 saturated heterocycles. The van der Waals surface area contributed by atoms with E-state index in [0.29, 0.717) is 38.0 Å². The second-order valence-corrected chi connectivity index (χ2v) is 8.24. The number of nitrogens with zero attached hydrogens (tertiary/aromatic N) is 2. The van der Waals surface area contributed by atoms with Gasteiger partial charge in [-0.1, -0.05) is 42.5 Å². The fourth-order valence-corrected chi connectivity index (χ4v) is 4.29. The third-order valence-electron chi connectivity index (χ3n) is 6.08. The van der Waals surface area contributed by atoms with Crippen molar-refractivity contribution in [2.24, 2.45) is 5.92 Å². The number of carbonyl (C=O) groups excluding carboxylic acids is 1. The Morgan fingerprint density at radius 3 is 2.57 bits per heavy atom. The maximum atomic E-state index is 15.0. The fourth-order valence-electron chi connectivity index (χ4n) is 4.29. The smallest absolute Gasteiger partial charge is 0.240 e. The van der Waals surface area contributed by atoms with Crippen LogP contribution in [0.2, 0.25) is 0 Å². The number of piperidine rings is 1. The van der Waals surface area contributed by atoms with E-state index in [1.165, 1.54) is 18.6 Å². The lowest BCUT2D eigenvalue weighted by Crippen LogP contribution is -2.50. The molecule has 2 fully saturated rings. The van der Waals surface area contributed by atoms with Crippen LogP contribution in [-0.4, -0.2) is 52.7 Å². The molecule has 6 heteroatoms. The molecule has 0 unspecified atom stereocenters. The summed E-state index contributed by atoms with van der Waals surface area (Å²) in [5, 5.41) is 9.27. The number of amides is 1. The van der Waals surface area contributed by atoms with Crippen LogP contribution in [0.25, 0.3) is 0 Å². The van der Waals surface area contributed by atoms with Crippen molar-refractivity contribution >= 4 is 5.91 Å². The molecule has 0 radical (unpaired) electrons. The van der Waals surface area contributed by atoms with Crippen molar-refractivity contribution in [1.82, 2.24) is 9.80 Å². The molecule has 162 valence electrons. The first-order valence-electron chi connectivity index (χ1n) is 10.4. The molecule has 0 spiro atoms. The van der Waals surface area contributed by atoms with E-state index >= 15 is 0 Å². The normalized spacial score (nSPS) is 26.7. The van der Waals surface area contributed by atoms with Gasteiger partial charge in [0.2, 0.25) is 5.91 Å². The number of carbonyl (C=O) groups is 1. The molecular weight excluding hydrogens is 386 g/mol. The minimum absolute atomic E-state index is 0.0468. The van der Waals surface area contributed by atoms with Gasteiger partial charge in [-0.25, -0.2) is 8.78 Å². The van der Waals surface area contributed by atoms with Gasteiger partial charge in [-0.15, -0.1) is 0 Å². The number of aryl methyl sites for hydroxylation is 1. The second-order valence-electron chi connectivity index (χ2n) is 8.24. The van der Waals surface area contributed by atoms with Crippen LogP contribution in [0.3, 0.4) is 0 Å². The van der Waals surface area contributed by atoms with Gasteiger partial charge in [0.05, 0.1) is 6.04 Å². The van der Waals surface area contributed by atoms with Crippen molar-refractivity contribution in [2.45, 2.75) is 45.4 Å². The van der Waals surface area contributed by atoms with Gasteiger partial charge in [0.15, 0.2) is 5.83 Å². The molecule has 1 aromatic rings. The molecule has 0 aliphatic carbocycles. The highest BCUT2D eigenvalue weighted by Crippen LogP contribution is 2.32. The Hall–Kier alpha value is -2.47. The third-order valence-corrected chi connectivity index (χ3v) is 6.08. The monoisotopic (exact) mass is 416 g/mol. The van der Waals surface area contributed by atoms with Gasteiger partial charge in [0, 0.05) is 25.6 Å². The van der Waals surface area contributed by atoms with Crippen LogP contribution in [0, 0.1) is 12.8 Å². The summed E-state index contributed by atoms with van der Waals surface area (Å²) in [6, 6.07) is 7.83. The van der Waals surface area contributed by atoms with E-state index in [9.17, 15) is 18.7 Å². The molecule has 4 nitrogen and oxygen atoms in total.